The molecule has 7 nitrogen and oxygen atoms in total. The van der Waals surface area contributed by atoms with Crippen LogP contribution in [0.3, 0.4) is 0 Å². The second-order valence-corrected chi connectivity index (χ2v) is 10.5. The van der Waals surface area contributed by atoms with Gasteiger partial charge in [-0.15, -0.1) is 0 Å². The van der Waals surface area contributed by atoms with Crippen LogP contribution in [0.1, 0.15) is 52.8 Å². The predicted molar refractivity (Wildman–Crippen MR) is 144 cm³/mol. The minimum atomic E-state index is -0.0548. The molecule has 2 aliphatic rings. The lowest BCUT2D eigenvalue weighted by molar-refractivity contribution is 0.0330. The number of fused-ring (bicyclic) bond motifs is 2. The van der Waals surface area contributed by atoms with Crippen LogP contribution in [0.25, 0.3) is 10.9 Å². The molecule has 3 heterocycles. The van der Waals surface area contributed by atoms with Gasteiger partial charge in [-0.05, 0) is 43.9 Å². The fourth-order valence-corrected chi connectivity index (χ4v) is 5.65. The Morgan fingerprint density at radius 2 is 1.65 bits per heavy atom. The molecular formula is C30H37N3O4. The van der Waals surface area contributed by atoms with E-state index in [0.717, 1.165) is 48.6 Å². The van der Waals surface area contributed by atoms with E-state index >= 15 is 0 Å². The van der Waals surface area contributed by atoms with E-state index in [9.17, 15) is 9.59 Å². The Labute approximate surface area is 218 Å². The molecule has 0 N–H and O–H groups in total. The second kappa shape index (κ2) is 11.0. The molecule has 0 bridgehead atoms. The van der Waals surface area contributed by atoms with Crippen molar-refractivity contribution in [1.29, 1.82) is 0 Å². The maximum Gasteiger partial charge on any atom is 0.257 e. The Morgan fingerprint density at radius 3 is 2.49 bits per heavy atom. The molecule has 2 aliphatic heterocycles. The quantitative estimate of drug-likeness (QED) is 0.481. The van der Waals surface area contributed by atoms with Crippen LogP contribution in [0.5, 0.6) is 5.75 Å². The zero-order chi connectivity index (χ0) is 25.8. The van der Waals surface area contributed by atoms with Crippen molar-refractivity contribution in [3.63, 3.8) is 0 Å². The van der Waals surface area contributed by atoms with Crippen molar-refractivity contribution in [2.75, 3.05) is 46.5 Å². The van der Waals surface area contributed by atoms with Gasteiger partial charge in [0.15, 0.2) is 0 Å². The Morgan fingerprint density at radius 1 is 0.892 bits per heavy atom. The number of piperidine rings is 1. The molecule has 0 saturated carbocycles. The fourth-order valence-electron chi connectivity index (χ4n) is 5.65. The Kier molecular flexibility index (Phi) is 7.51. The first-order chi connectivity index (χ1) is 18.0. The summed E-state index contributed by atoms with van der Waals surface area (Å²) in [5, 5.41) is 1.00. The van der Waals surface area contributed by atoms with E-state index in [1.165, 1.54) is 0 Å². The molecule has 2 amide bonds. The summed E-state index contributed by atoms with van der Waals surface area (Å²) < 4.78 is 14.2. The third kappa shape index (κ3) is 5.37. The van der Waals surface area contributed by atoms with Gasteiger partial charge in [0, 0.05) is 62.9 Å². The molecule has 0 atom stereocenters. The van der Waals surface area contributed by atoms with Crippen LogP contribution < -0.4 is 4.74 Å². The average Bonchev–Trinajstić information content (AvgIpc) is 3.27. The van der Waals surface area contributed by atoms with E-state index in [2.05, 4.69) is 0 Å². The van der Waals surface area contributed by atoms with E-state index in [1.54, 1.807) is 11.9 Å². The number of likely N-dealkylation sites (tertiary alicyclic amines) is 1. The van der Waals surface area contributed by atoms with Gasteiger partial charge in [-0.25, -0.2) is 0 Å². The summed E-state index contributed by atoms with van der Waals surface area (Å²) in [5.41, 5.74) is 2.38. The van der Waals surface area contributed by atoms with Crippen LogP contribution in [-0.2, 0) is 11.8 Å². The van der Waals surface area contributed by atoms with Crippen LogP contribution in [0.2, 0.25) is 0 Å². The summed E-state index contributed by atoms with van der Waals surface area (Å²) in [4.78, 5) is 30.3. The van der Waals surface area contributed by atoms with Gasteiger partial charge >= 0.3 is 0 Å². The van der Waals surface area contributed by atoms with E-state index in [-0.39, 0.29) is 17.2 Å². The summed E-state index contributed by atoms with van der Waals surface area (Å²) in [6.07, 6.45) is 6.75. The molecule has 0 radical (unpaired) electrons. The van der Waals surface area contributed by atoms with Crippen LogP contribution in [0, 0.1) is 5.41 Å². The lowest BCUT2D eigenvalue weighted by Crippen LogP contribution is -2.45. The fraction of sp³-hybridized carbons (Fsp3) is 0.467. The van der Waals surface area contributed by atoms with Crippen molar-refractivity contribution < 1.29 is 19.1 Å². The highest BCUT2D eigenvalue weighted by molar-refractivity contribution is 6.07. The molecule has 2 aromatic carbocycles. The minimum absolute atomic E-state index is 0.0400. The van der Waals surface area contributed by atoms with Gasteiger partial charge < -0.3 is 23.8 Å². The summed E-state index contributed by atoms with van der Waals surface area (Å²) in [5.74, 6) is 0.674. The predicted octanol–water partition coefficient (Wildman–Crippen LogP) is 4.75. The molecule has 1 spiro atoms. The maximum absolute atomic E-state index is 13.5. The highest BCUT2D eigenvalue weighted by Crippen LogP contribution is 2.38. The number of ether oxygens (including phenoxy) is 2. The van der Waals surface area contributed by atoms with Gasteiger partial charge in [-0.2, -0.15) is 0 Å². The molecule has 1 saturated heterocycles. The largest absolute Gasteiger partial charge is 0.492 e. The highest BCUT2D eigenvalue weighted by Gasteiger charge is 2.37. The van der Waals surface area contributed by atoms with Crippen molar-refractivity contribution in [3.05, 3.63) is 65.9 Å². The van der Waals surface area contributed by atoms with Crippen molar-refractivity contribution in [2.24, 2.45) is 12.5 Å². The standard InChI is InChI=1S/C30H37N3O4/c1-31-18-20-36-19-8-7-13-30(22-37-27-12-6-4-10-24(27)28(31)34)14-16-33(17-15-30)29(35)25-21-32(2)26-11-5-3-9-23(25)26/h3-6,9-12,21H,7-8,13-20,22H2,1-2H3. The number of aromatic nitrogens is 1. The number of aryl methyl sites for hydroxylation is 1. The van der Waals surface area contributed by atoms with Crippen molar-refractivity contribution >= 4 is 22.7 Å². The number of para-hydroxylation sites is 2. The molecule has 0 unspecified atom stereocenters. The number of likely N-dealkylation sites (N-methyl/N-ethyl adjacent to an activating group) is 1. The zero-order valence-corrected chi connectivity index (χ0v) is 21.9. The van der Waals surface area contributed by atoms with Crippen LogP contribution in [0.4, 0.5) is 0 Å². The molecule has 3 aromatic rings. The van der Waals surface area contributed by atoms with Gasteiger partial charge in [-0.1, -0.05) is 36.8 Å². The first-order valence-corrected chi connectivity index (χ1v) is 13.4. The number of nitrogens with zero attached hydrogens (tertiary/aromatic N) is 3. The van der Waals surface area contributed by atoms with Gasteiger partial charge in [0.25, 0.3) is 11.8 Å². The highest BCUT2D eigenvalue weighted by atomic mass is 16.5. The maximum atomic E-state index is 13.5. The van der Waals surface area contributed by atoms with E-state index in [4.69, 9.17) is 9.47 Å². The Bertz CT molecular complexity index is 1260. The van der Waals surface area contributed by atoms with Crippen molar-refractivity contribution in [1.82, 2.24) is 14.4 Å². The van der Waals surface area contributed by atoms with Gasteiger partial charge in [0.2, 0.25) is 0 Å². The third-order valence-corrected chi connectivity index (χ3v) is 8.05. The van der Waals surface area contributed by atoms with Crippen LogP contribution >= 0.6 is 0 Å². The van der Waals surface area contributed by atoms with Crippen molar-refractivity contribution in [3.8, 4) is 5.75 Å². The number of hydrogen-bond acceptors (Lipinski definition) is 4. The number of rotatable bonds is 1. The number of hydrogen-bond donors (Lipinski definition) is 0. The molecule has 37 heavy (non-hydrogen) atoms. The Hall–Kier alpha value is -3.32. The first kappa shape index (κ1) is 25.3. The first-order valence-electron chi connectivity index (χ1n) is 13.4. The lowest BCUT2D eigenvalue weighted by Gasteiger charge is -2.42. The van der Waals surface area contributed by atoms with Gasteiger partial charge in [0.1, 0.15) is 5.75 Å². The van der Waals surface area contributed by atoms with Crippen LogP contribution in [-0.4, -0.2) is 72.7 Å². The summed E-state index contributed by atoms with van der Waals surface area (Å²) >= 11 is 0. The molecule has 1 fully saturated rings. The van der Waals surface area contributed by atoms with Crippen molar-refractivity contribution in [2.45, 2.75) is 32.1 Å². The monoisotopic (exact) mass is 503 g/mol. The normalized spacial score (nSPS) is 19.4. The summed E-state index contributed by atoms with van der Waals surface area (Å²) in [7, 11) is 3.79. The third-order valence-electron chi connectivity index (χ3n) is 8.05. The smallest absolute Gasteiger partial charge is 0.257 e. The average molecular weight is 504 g/mol. The lowest BCUT2D eigenvalue weighted by atomic mass is 9.75. The topological polar surface area (TPSA) is 64.0 Å². The van der Waals surface area contributed by atoms with Crippen LogP contribution in [0.15, 0.2) is 54.7 Å². The zero-order valence-electron chi connectivity index (χ0n) is 21.9. The van der Waals surface area contributed by atoms with E-state index in [1.807, 2.05) is 71.2 Å². The molecule has 0 aliphatic carbocycles. The molecule has 1 aromatic heterocycles. The second-order valence-electron chi connectivity index (χ2n) is 10.5. The summed E-state index contributed by atoms with van der Waals surface area (Å²) in [6.45, 7) is 3.72. The molecule has 5 rings (SSSR count). The van der Waals surface area contributed by atoms with E-state index < -0.39 is 0 Å². The Balaban J connectivity index is 1.33. The molecular weight excluding hydrogens is 466 g/mol. The number of amides is 2. The summed E-state index contributed by atoms with van der Waals surface area (Å²) in [6, 6.07) is 15.6. The number of carbonyl (C=O) groups excluding carboxylic acids is 2. The van der Waals surface area contributed by atoms with Gasteiger partial charge in [-0.3, -0.25) is 9.59 Å². The van der Waals surface area contributed by atoms with Gasteiger partial charge in [0.05, 0.1) is 24.3 Å². The number of benzene rings is 2. The molecule has 196 valence electrons. The molecule has 7 heteroatoms. The number of carbonyl (C=O) groups is 2. The van der Waals surface area contributed by atoms with E-state index in [0.29, 0.717) is 50.8 Å². The minimum Gasteiger partial charge on any atom is -0.492 e. The SMILES string of the molecule is CN1CCOCCCCC2(CCN(C(=O)c3cn(C)c4ccccc34)CC2)COc2ccccc2C1=O.